The average Bonchev–Trinajstić information content (AvgIpc) is 2.47. The number of nitrogens with one attached hydrogen (secondary N) is 1. The molecular weight excluding hydrogens is 272 g/mol. The number of rotatable bonds is 6. The third-order valence-electron chi connectivity index (χ3n) is 3.59. The minimum absolute atomic E-state index is 0.00461. The Morgan fingerprint density at radius 2 is 2.14 bits per heavy atom. The number of hydrogen-bond acceptors (Lipinski definition) is 5. The van der Waals surface area contributed by atoms with E-state index in [-0.39, 0.29) is 11.8 Å². The monoisotopic (exact) mass is 294 g/mol. The average molecular weight is 294 g/mol. The highest BCUT2D eigenvalue weighted by molar-refractivity contribution is 5.46. The number of nitrogens with zero attached hydrogens (tertiary/aromatic N) is 1. The van der Waals surface area contributed by atoms with Crippen molar-refractivity contribution in [3.8, 4) is 11.5 Å². The Morgan fingerprint density at radius 1 is 1.38 bits per heavy atom. The largest absolute Gasteiger partial charge is 0.493 e. The summed E-state index contributed by atoms with van der Waals surface area (Å²) in [5.74, 6) is 1.40. The van der Waals surface area contributed by atoms with Crippen LogP contribution in [0.3, 0.4) is 0 Å². The van der Waals surface area contributed by atoms with Crippen molar-refractivity contribution in [2.24, 2.45) is 5.92 Å². The molecule has 1 aliphatic heterocycles. The summed E-state index contributed by atoms with van der Waals surface area (Å²) in [5, 5.41) is 14.3. The molecule has 1 N–H and O–H groups in total. The Hall–Kier alpha value is -1.82. The normalized spacial score (nSPS) is 21.8. The first-order valence-electron chi connectivity index (χ1n) is 7.39. The van der Waals surface area contributed by atoms with Crippen LogP contribution in [0.2, 0.25) is 0 Å². The molecule has 0 bridgehead atoms. The molecule has 0 aromatic heterocycles. The van der Waals surface area contributed by atoms with Crippen LogP contribution in [-0.4, -0.2) is 30.7 Å². The molecule has 2 rings (SSSR count). The van der Waals surface area contributed by atoms with Gasteiger partial charge < -0.3 is 14.8 Å². The van der Waals surface area contributed by atoms with Crippen LogP contribution in [-0.2, 0) is 0 Å². The van der Waals surface area contributed by atoms with Crippen molar-refractivity contribution in [2.45, 2.75) is 32.8 Å². The molecule has 1 saturated heterocycles. The second-order valence-corrected chi connectivity index (χ2v) is 5.39. The highest BCUT2D eigenvalue weighted by atomic mass is 16.6. The molecular formula is C15H22N2O4. The third-order valence-corrected chi connectivity index (χ3v) is 3.59. The van der Waals surface area contributed by atoms with Gasteiger partial charge in [0.15, 0.2) is 0 Å². The van der Waals surface area contributed by atoms with Gasteiger partial charge in [0.1, 0.15) is 17.6 Å². The highest BCUT2D eigenvalue weighted by Crippen LogP contribution is 2.29. The zero-order valence-corrected chi connectivity index (χ0v) is 12.5. The first-order chi connectivity index (χ1) is 10.1. The van der Waals surface area contributed by atoms with Crippen molar-refractivity contribution >= 4 is 5.69 Å². The lowest BCUT2D eigenvalue weighted by Gasteiger charge is -2.30. The molecule has 1 aliphatic rings. The van der Waals surface area contributed by atoms with E-state index in [2.05, 4.69) is 12.2 Å². The van der Waals surface area contributed by atoms with E-state index >= 15 is 0 Å². The minimum atomic E-state index is -0.422. The van der Waals surface area contributed by atoms with Gasteiger partial charge in [0.2, 0.25) is 0 Å². The molecule has 116 valence electrons. The van der Waals surface area contributed by atoms with E-state index < -0.39 is 4.92 Å². The number of benzene rings is 1. The number of ether oxygens (including phenoxy) is 2. The van der Waals surface area contributed by atoms with Crippen molar-refractivity contribution in [1.29, 1.82) is 0 Å². The molecule has 0 spiro atoms. The van der Waals surface area contributed by atoms with Crippen LogP contribution in [0, 0.1) is 16.0 Å². The van der Waals surface area contributed by atoms with E-state index in [9.17, 15) is 10.1 Å². The molecule has 0 amide bonds. The number of non-ortho nitro benzene ring substituents is 1. The fourth-order valence-corrected chi connectivity index (χ4v) is 2.33. The van der Waals surface area contributed by atoms with Crippen LogP contribution in [0.4, 0.5) is 5.69 Å². The van der Waals surface area contributed by atoms with E-state index in [1.165, 1.54) is 12.1 Å². The first kappa shape index (κ1) is 15.6. The van der Waals surface area contributed by atoms with Crippen LogP contribution in [0.15, 0.2) is 18.2 Å². The molecule has 1 aromatic carbocycles. The number of piperidine rings is 1. The summed E-state index contributed by atoms with van der Waals surface area (Å²) in [5.41, 5.74) is -0.00461. The number of nitro benzene ring substituents is 1. The lowest BCUT2D eigenvalue weighted by atomic mass is 9.97. The van der Waals surface area contributed by atoms with Crippen LogP contribution in [0.5, 0.6) is 11.5 Å². The summed E-state index contributed by atoms with van der Waals surface area (Å²) in [4.78, 5) is 10.6. The summed E-state index contributed by atoms with van der Waals surface area (Å²) in [6.07, 6.45) is 1.92. The molecule has 2 unspecified atom stereocenters. The predicted molar refractivity (Wildman–Crippen MR) is 79.9 cm³/mol. The van der Waals surface area contributed by atoms with Gasteiger partial charge in [-0.05, 0) is 25.3 Å². The Kier molecular flexibility index (Phi) is 5.38. The molecule has 0 saturated carbocycles. The van der Waals surface area contributed by atoms with E-state index in [1.54, 1.807) is 6.07 Å². The number of hydrogen-bond donors (Lipinski definition) is 1. The second kappa shape index (κ2) is 7.26. The molecule has 1 fully saturated rings. The highest BCUT2D eigenvalue weighted by Gasteiger charge is 2.23. The van der Waals surface area contributed by atoms with Crippen molar-refractivity contribution in [3.05, 3.63) is 28.3 Å². The molecule has 0 radical (unpaired) electrons. The smallest absolute Gasteiger partial charge is 0.276 e. The fourth-order valence-electron chi connectivity index (χ4n) is 2.33. The molecule has 2 atom stereocenters. The summed E-state index contributed by atoms with van der Waals surface area (Å²) >= 11 is 0. The van der Waals surface area contributed by atoms with Crippen LogP contribution in [0.25, 0.3) is 0 Å². The second-order valence-electron chi connectivity index (χ2n) is 5.39. The van der Waals surface area contributed by atoms with Gasteiger partial charge in [-0.15, -0.1) is 0 Å². The summed E-state index contributed by atoms with van der Waals surface area (Å²) in [6.45, 7) is 6.40. The van der Waals surface area contributed by atoms with Gasteiger partial charge in [-0.1, -0.05) is 13.8 Å². The molecule has 0 aliphatic carbocycles. The molecule has 1 heterocycles. The SMILES string of the molecule is CCCOc1cc(OC2CNCCC2C)cc([N+](=O)[O-])c1. The van der Waals surface area contributed by atoms with E-state index in [1.807, 2.05) is 6.92 Å². The van der Waals surface area contributed by atoms with Crippen molar-refractivity contribution in [2.75, 3.05) is 19.7 Å². The molecule has 6 nitrogen and oxygen atoms in total. The Bertz CT molecular complexity index is 493. The number of nitro groups is 1. The van der Waals surface area contributed by atoms with Gasteiger partial charge in [-0.25, -0.2) is 0 Å². The first-order valence-corrected chi connectivity index (χ1v) is 7.39. The van der Waals surface area contributed by atoms with E-state index in [4.69, 9.17) is 9.47 Å². The zero-order chi connectivity index (χ0) is 15.2. The Labute approximate surface area is 124 Å². The summed E-state index contributed by atoms with van der Waals surface area (Å²) < 4.78 is 11.4. The van der Waals surface area contributed by atoms with Gasteiger partial charge in [0.25, 0.3) is 5.69 Å². The van der Waals surface area contributed by atoms with E-state index in [0.29, 0.717) is 24.0 Å². The third kappa shape index (κ3) is 4.32. The van der Waals surface area contributed by atoms with Crippen molar-refractivity contribution in [1.82, 2.24) is 5.32 Å². The van der Waals surface area contributed by atoms with Gasteiger partial charge >= 0.3 is 0 Å². The lowest BCUT2D eigenvalue weighted by Crippen LogP contribution is -2.42. The lowest BCUT2D eigenvalue weighted by molar-refractivity contribution is -0.385. The summed E-state index contributed by atoms with van der Waals surface area (Å²) in [7, 11) is 0. The molecule has 6 heteroatoms. The van der Waals surface area contributed by atoms with Crippen LogP contribution < -0.4 is 14.8 Å². The van der Waals surface area contributed by atoms with Crippen LogP contribution in [0.1, 0.15) is 26.7 Å². The maximum absolute atomic E-state index is 11.0. The van der Waals surface area contributed by atoms with E-state index in [0.717, 1.165) is 25.9 Å². The van der Waals surface area contributed by atoms with Crippen molar-refractivity contribution in [3.63, 3.8) is 0 Å². The van der Waals surface area contributed by atoms with Gasteiger partial charge in [-0.2, -0.15) is 0 Å². The summed E-state index contributed by atoms with van der Waals surface area (Å²) in [6, 6.07) is 4.62. The maximum atomic E-state index is 11.0. The zero-order valence-electron chi connectivity index (χ0n) is 12.5. The van der Waals surface area contributed by atoms with Crippen LogP contribution >= 0.6 is 0 Å². The predicted octanol–water partition coefficient (Wildman–Crippen LogP) is 2.76. The van der Waals surface area contributed by atoms with Gasteiger partial charge in [0, 0.05) is 12.6 Å². The molecule has 21 heavy (non-hydrogen) atoms. The minimum Gasteiger partial charge on any atom is -0.493 e. The topological polar surface area (TPSA) is 73.6 Å². The Morgan fingerprint density at radius 3 is 2.81 bits per heavy atom. The maximum Gasteiger partial charge on any atom is 0.276 e. The van der Waals surface area contributed by atoms with Gasteiger partial charge in [0.05, 0.1) is 23.7 Å². The van der Waals surface area contributed by atoms with Crippen molar-refractivity contribution < 1.29 is 14.4 Å². The quantitative estimate of drug-likeness (QED) is 0.645. The standard InChI is InChI=1S/C15H22N2O4/c1-3-6-20-13-7-12(17(18)19)8-14(9-13)21-15-10-16-5-4-11(15)2/h7-9,11,15-16H,3-6,10H2,1-2H3. The molecule has 1 aromatic rings. The van der Waals surface area contributed by atoms with Gasteiger partial charge in [-0.3, -0.25) is 10.1 Å². The fraction of sp³-hybridized carbons (Fsp3) is 0.600. The Balaban J connectivity index is 2.16.